The second kappa shape index (κ2) is 9.90. The first-order valence-corrected chi connectivity index (χ1v) is 10.7. The molecule has 1 saturated heterocycles. The number of carboxylic acids is 1. The van der Waals surface area contributed by atoms with E-state index >= 15 is 0 Å². The zero-order valence-corrected chi connectivity index (χ0v) is 18.5. The van der Waals surface area contributed by atoms with Crippen LogP contribution in [0.3, 0.4) is 0 Å². The van der Waals surface area contributed by atoms with Crippen molar-refractivity contribution in [2.24, 2.45) is 5.92 Å². The second-order valence-electron chi connectivity index (χ2n) is 8.83. The summed E-state index contributed by atoms with van der Waals surface area (Å²) in [6.07, 6.45) is -5.32. The minimum absolute atomic E-state index is 0.0372. The highest BCUT2D eigenvalue weighted by Gasteiger charge is 2.52. The number of hydrogen-bond acceptors (Lipinski definition) is 9. The van der Waals surface area contributed by atoms with Crippen molar-refractivity contribution in [3.8, 4) is 11.5 Å². The smallest absolute Gasteiger partial charge is 0.335 e. The Kier molecular flexibility index (Phi) is 7.64. The summed E-state index contributed by atoms with van der Waals surface area (Å²) in [5.41, 5.74) is -0.331. The Hall–Kier alpha value is -1.95. The van der Waals surface area contributed by atoms with Gasteiger partial charge in [0.25, 0.3) is 0 Å². The molecule has 1 saturated carbocycles. The van der Waals surface area contributed by atoms with E-state index in [2.05, 4.69) is 0 Å². The van der Waals surface area contributed by atoms with Crippen molar-refractivity contribution in [1.82, 2.24) is 4.90 Å². The van der Waals surface area contributed by atoms with Crippen LogP contribution in [0.4, 0.5) is 0 Å². The molecule has 10 nitrogen and oxygen atoms in total. The van der Waals surface area contributed by atoms with E-state index in [1.807, 2.05) is 19.0 Å². The van der Waals surface area contributed by atoms with Gasteiger partial charge in [0.05, 0.1) is 7.11 Å². The van der Waals surface area contributed by atoms with Crippen LogP contribution in [0.15, 0.2) is 18.2 Å². The maximum Gasteiger partial charge on any atom is 0.335 e. The van der Waals surface area contributed by atoms with Crippen molar-refractivity contribution in [1.29, 1.82) is 0 Å². The molecule has 7 atom stereocenters. The van der Waals surface area contributed by atoms with Crippen molar-refractivity contribution < 1.29 is 44.5 Å². The van der Waals surface area contributed by atoms with Crippen molar-refractivity contribution in [3.05, 3.63) is 23.8 Å². The topological polar surface area (TPSA) is 149 Å². The summed E-state index contributed by atoms with van der Waals surface area (Å²) < 4.78 is 17.1. The molecule has 0 aromatic heterocycles. The number of nitrogens with zero attached hydrogens (tertiary/aromatic N) is 1. The molecule has 1 aliphatic carbocycles. The number of aliphatic hydroxyl groups is 3. The second-order valence-corrected chi connectivity index (χ2v) is 8.83. The molecule has 2 fully saturated rings. The molecule has 2 aliphatic rings. The Bertz CT molecular complexity index is 804. The van der Waals surface area contributed by atoms with Gasteiger partial charge in [-0.3, -0.25) is 0 Å². The van der Waals surface area contributed by atoms with Crippen LogP contribution in [0.25, 0.3) is 0 Å². The van der Waals surface area contributed by atoms with Crippen LogP contribution in [-0.4, -0.2) is 94.9 Å². The van der Waals surface area contributed by atoms with Gasteiger partial charge in [0.2, 0.25) is 0 Å². The number of phenols is 1. The van der Waals surface area contributed by atoms with E-state index < -0.39 is 42.3 Å². The fourth-order valence-corrected chi connectivity index (χ4v) is 4.80. The Labute approximate surface area is 186 Å². The molecule has 5 N–H and O–H groups in total. The summed E-state index contributed by atoms with van der Waals surface area (Å²) in [6, 6.07) is 4.87. The van der Waals surface area contributed by atoms with Gasteiger partial charge in [0, 0.05) is 12.5 Å². The van der Waals surface area contributed by atoms with Crippen molar-refractivity contribution in [2.45, 2.75) is 62.0 Å². The standard InChI is InChI=1S/C22H33NO9/c1-23(2)11-13-6-4-5-9-22(13,12-7-8-14(24)15(10-12)30-3)32-21-18(27)16(25)17(26)19(31-21)20(28)29/h7-8,10,13,16-19,21,24-27H,4-6,9,11H2,1-3H3,(H,28,29). The maximum atomic E-state index is 11.6. The monoisotopic (exact) mass is 455 g/mol. The summed E-state index contributed by atoms with van der Waals surface area (Å²) in [6.45, 7) is 0.638. The molecule has 32 heavy (non-hydrogen) atoms. The molecule has 0 spiro atoms. The highest BCUT2D eigenvalue weighted by molar-refractivity contribution is 5.73. The molecule has 1 aromatic carbocycles. The largest absolute Gasteiger partial charge is 0.504 e. The molecule has 0 amide bonds. The summed E-state index contributed by atoms with van der Waals surface area (Å²) in [4.78, 5) is 13.6. The third-order valence-corrected chi connectivity index (χ3v) is 6.40. The number of methoxy groups -OCH3 is 1. The average molecular weight is 456 g/mol. The summed E-state index contributed by atoms with van der Waals surface area (Å²) >= 11 is 0. The minimum Gasteiger partial charge on any atom is -0.504 e. The Morgan fingerprint density at radius 1 is 1.19 bits per heavy atom. The van der Waals surface area contributed by atoms with Crippen LogP contribution in [0.5, 0.6) is 11.5 Å². The van der Waals surface area contributed by atoms with Crippen molar-refractivity contribution in [3.63, 3.8) is 0 Å². The molecule has 180 valence electrons. The molecule has 1 aromatic rings. The van der Waals surface area contributed by atoms with Crippen LogP contribution in [0.1, 0.15) is 31.2 Å². The number of aliphatic carboxylic acids is 1. The van der Waals surface area contributed by atoms with Crippen LogP contribution >= 0.6 is 0 Å². The number of rotatable bonds is 7. The zero-order chi connectivity index (χ0) is 23.6. The predicted molar refractivity (Wildman–Crippen MR) is 112 cm³/mol. The quantitative estimate of drug-likeness (QED) is 0.387. The van der Waals surface area contributed by atoms with Crippen LogP contribution in [-0.2, 0) is 19.9 Å². The highest BCUT2D eigenvalue weighted by atomic mass is 16.7. The van der Waals surface area contributed by atoms with E-state index in [-0.39, 0.29) is 17.4 Å². The fraction of sp³-hybridized carbons (Fsp3) is 0.682. The fourth-order valence-electron chi connectivity index (χ4n) is 4.80. The van der Waals surface area contributed by atoms with E-state index in [0.717, 1.165) is 19.3 Å². The molecule has 1 aliphatic heterocycles. The number of benzene rings is 1. The van der Waals surface area contributed by atoms with E-state index in [4.69, 9.17) is 14.2 Å². The van der Waals surface area contributed by atoms with E-state index in [9.17, 15) is 30.3 Å². The minimum atomic E-state index is -1.80. The lowest BCUT2D eigenvalue weighted by molar-refractivity contribution is -0.333. The Morgan fingerprint density at radius 3 is 2.53 bits per heavy atom. The third kappa shape index (κ3) is 4.70. The number of carboxylic acid groups (broad SMARTS) is 1. The number of ether oxygens (including phenoxy) is 3. The molecular weight excluding hydrogens is 422 g/mol. The van der Waals surface area contributed by atoms with Crippen LogP contribution < -0.4 is 4.74 Å². The van der Waals surface area contributed by atoms with E-state index in [0.29, 0.717) is 18.5 Å². The number of aromatic hydroxyl groups is 1. The molecule has 7 unspecified atom stereocenters. The normalized spacial score (nSPS) is 35.6. The SMILES string of the molecule is COc1cc(C2(OC3OC(C(=O)O)C(O)C(O)C3O)CCCCC2CN(C)C)ccc1O. The summed E-state index contributed by atoms with van der Waals surface area (Å²) in [7, 11) is 5.31. The van der Waals surface area contributed by atoms with Crippen LogP contribution in [0, 0.1) is 5.92 Å². The van der Waals surface area contributed by atoms with E-state index in [1.165, 1.54) is 13.2 Å². The number of carbonyl (C=O) groups is 1. The molecule has 0 bridgehead atoms. The van der Waals surface area contributed by atoms with Gasteiger partial charge in [-0.25, -0.2) is 4.79 Å². The number of hydrogen-bond donors (Lipinski definition) is 5. The zero-order valence-electron chi connectivity index (χ0n) is 18.5. The van der Waals surface area contributed by atoms with Gasteiger partial charge in [-0.15, -0.1) is 0 Å². The lowest BCUT2D eigenvalue weighted by Gasteiger charge is -2.49. The lowest BCUT2D eigenvalue weighted by Crippen LogP contribution is -2.62. The van der Waals surface area contributed by atoms with Gasteiger partial charge in [-0.05, 0) is 44.6 Å². The summed E-state index contributed by atoms with van der Waals surface area (Å²) in [5, 5.41) is 50.4. The first-order valence-electron chi connectivity index (χ1n) is 10.7. The first-order chi connectivity index (χ1) is 15.1. The first kappa shape index (κ1) is 24.7. The third-order valence-electron chi connectivity index (χ3n) is 6.40. The van der Waals surface area contributed by atoms with Crippen molar-refractivity contribution >= 4 is 5.97 Å². The molecule has 3 rings (SSSR count). The molecule has 0 radical (unpaired) electrons. The van der Waals surface area contributed by atoms with Crippen LogP contribution in [0.2, 0.25) is 0 Å². The maximum absolute atomic E-state index is 11.6. The highest BCUT2D eigenvalue weighted by Crippen LogP contribution is 2.48. The molecule has 1 heterocycles. The summed E-state index contributed by atoms with van der Waals surface area (Å²) in [5.74, 6) is -1.32. The van der Waals surface area contributed by atoms with E-state index in [1.54, 1.807) is 12.1 Å². The lowest BCUT2D eigenvalue weighted by atomic mass is 9.70. The Morgan fingerprint density at radius 2 is 1.91 bits per heavy atom. The Balaban J connectivity index is 2.05. The van der Waals surface area contributed by atoms with Gasteiger partial charge >= 0.3 is 5.97 Å². The molecule has 10 heteroatoms. The van der Waals surface area contributed by atoms with Gasteiger partial charge in [-0.1, -0.05) is 18.9 Å². The van der Waals surface area contributed by atoms with Crippen molar-refractivity contribution in [2.75, 3.05) is 27.7 Å². The number of phenolic OH excluding ortho intramolecular Hbond substituents is 1. The van der Waals surface area contributed by atoms with Gasteiger partial charge in [0.15, 0.2) is 23.9 Å². The van der Waals surface area contributed by atoms with Gasteiger partial charge < -0.3 is 44.6 Å². The number of aliphatic hydroxyl groups excluding tert-OH is 3. The molecular formula is C22H33NO9. The van der Waals surface area contributed by atoms with Gasteiger partial charge in [-0.2, -0.15) is 0 Å². The van der Waals surface area contributed by atoms with Gasteiger partial charge in [0.1, 0.15) is 23.9 Å². The predicted octanol–water partition coefficient (Wildman–Crippen LogP) is 0.257. The average Bonchev–Trinajstić information content (AvgIpc) is 2.75.